The van der Waals surface area contributed by atoms with Gasteiger partial charge in [0.1, 0.15) is 0 Å². The van der Waals surface area contributed by atoms with E-state index in [1.54, 1.807) is 0 Å². The van der Waals surface area contributed by atoms with Crippen LogP contribution in [-0.2, 0) is 12.8 Å². The van der Waals surface area contributed by atoms with Gasteiger partial charge in [-0.15, -0.1) is 0 Å². The van der Waals surface area contributed by atoms with Crippen molar-refractivity contribution in [3.8, 4) is 0 Å². The predicted octanol–water partition coefficient (Wildman–Crippen LogP) is 7.93. The van der Waals surface area contributed by atoms with Crippen molar-refractivity contribution in [1.29, 1.82) is 0 Å². The number of para-hydroxylation sites is 2. The van der Waals surface area contributed by atoms with Crippen molar-refractivity contribution in [3.05, 3.63) is 123 Å². The molecule has 40 heavy (non-hydrogen) atoms. The first-order valence-corrected chi connectivity index (χ1v) is 15.1. The summed E-state index contributed by atoms with van der Waals surface area (Å²) in [5.41, 5.74) is 21.1. The van der Waals surface area contributed by atoms with Gasteiger partial charge in [-0.3, -0.25) is 0 Å². The van der Waals surface area contributed by atoms with Crippen LogP contribution in [0.5, 0.6) is 0 Å². The molecule has 4 aromatic carbocycles. The number of anilines is 3. The van der Waals surface area contributed by atoms with Crippen molar-refractivity contribution in [2.75, 3.05) is 28.6 Å². The lowest BCUT2D eigenvalue weighted by Crippen LogP contribution is -2.44. The fraction of sp³-hybridized carbons (Fsp3) is 0.351. The van der Waals surface area contributed by atoms with Crippen LogP contribution < -0.4 is 15.5 Å². The van der Waals surface area contributed by atoms with Crippen LogP contribution in [0.1, 0.15) is 69.8 Å². The second kappa shape index (κ2) is 10.0. The van der Waals surface area contributed by atoms with Crippen LogP contribution in [0.3, 0.4) is 0 Å². The van der Waals surface area contributed by atoms with Crippen LogP contribution in [0.15, 0.2) is 78.9 Å². The van der Waals surface area contributed by atoms with Gasteiger partial charge in [-0.2, -0.15) is 0 Å². The third-order valence-electron chi connectivity index (χ3n) is 9.53. The van der Waals surface area contributed by atoms with Gasteiger partial charge in [0.25, 0.3) is 0 Å². The molecule has 4 aromatic rings. The summed E-state index contributed by atoms with van der Waals surface area (Å²) in [5, 5.41) is 0. The second-order valence-electron chi connectivity index (χ2n) is 12.6. The Morgan fingerprint density at radius 2 is 1.40 bits per heavy atom. The molecule has 204 valence electrons. The lowest BCUT2D eigenvalue weighted by molar-refractivity contribution is 0.373. The van der Waals surface area contributed by atoms with E-state index >= 15 is 0 Å². The smallest absolute Gasteiger partial charge is 0.0611 e. The second-order valence-corrected chi connectivity index (χ2v) is 12.6. The van der Waals surface area contributed by atoms with Gasteiger partial charge in [-0.25, -0.2) is 0 Å². The molecule has 2 fully saturated rings. The van der Waals surface area contributed by atoms with Crippen molar-refractivity contribution in [3.63, 3.8) is 0 Å². The molecule has 3 heterocycles. The van der Waals surface area contributed by atoms with Gasteiger partial charge in [-0.05, 0) is 104 Å². The van der Waals surface area contributed by atoms with Gasteiger partial charge in [0, 0.05) is 42.1 Å². The molecule has 2 saturated heterocycles. The molecule has 7 rings (SSSR count). The highest BCUT2D eigenvalue weighted by molar-refractivity contribution is 5.69. The first-order chi connectivity index (χ1) is 19.4. The molecular weight excluding hydrogens is 486 g/mol. The Labute approximate surface area is 239 Å². The Morgan fingerprint density at radius 3 is 2.20 bits per heavy atom. The van der Waals surface area contributed by atoms with Crippen LogP contribution in [0.2, 0.25) is 0 Å². The number of fused-ring (bicyclic) bond motifs is 6. The quantitative estimate of drug-likeness (QED) is 0.268. The van der Waals surface area contributed by atoms with E-state index in [1.807, 2.05) is 0 Å². The zero-order chi connectivity index (χ0) is 27.4. The maximum atomic E-state index is 6.23. The summed E-state index contributed by atoms with van der Waals surface area (Å²) in [4.78, 5) is 5.56. The molecule has 0 saturated carbocycles. The highest BCUT2D eigenvalue weighted by Crippen LogP contribution is 2.54. The molecular formula is C37H41N3. The zero-order valence-corrected chi connectivity index (χ0v) is 24.2. The minimum Gasteiger partial charge on any atom is -0.399 e. The number of nitrogens with zero attached hydrogens (tertiary/aromatic N) is 2. The molecule has 2 N–H and O–H groups in total. The summed E-state index contributed by atoms with van der Waals surface area (Å²) in [6.07, 6.45) is 5.79. The standard InChI is InChI=1S/C37H41N3/c1-24-16-25(2)18-27(17-24)22-30-9-6-10-33-36(30)39-14-7-12-35(39)32-13-15-40(37(32)33)34-11-5-4-8-29(34)21-28-19-26(3)20-31(38)23-28/h4-6,8-11,16-20,23,32,35,37H,7,12-15,21-22,38H2,1-3H3/t32?,35-,37?/m1/s1. The van der Waals surface area contributed by atoms with Crippen LogP contribution in [-0.4, -0.2) is 19.1 Å². The van der Waals surface area contributed by atoms with Crippen molar-refractivity contribution in [2.24, 2.45) is 5.92 Å². The Kier molecular flexibility index (Phi) is 6.34. The summed E-state index contributed by atoms with van der Waals surface area (Å²) >= 11 is 0. The Morgan fingerprint density at radius 1 is 0.700 bits per heavy atom. The number of nitrogen functional groups attached to an aromatic ring is 1. The lowest BCUT2D eigenvalue weighted by atomic mass is 9.80. The minimum absolute atomic E-state index is 0.428. The maximum Gasteiger partial charge on any atom is 0.0611 e. The fourth-order valence-electron chi connectivity index (χ4n) is 8.29. The Bertz CT molecular complexity index is 1530. The SMILES string of the molecule is Cc1cc(N)cc(Cc2ccccc2N2CCC3C2c2cccc(Cc4cc(C)cc(C)c4)c2N2CCC[C@H]32)c1. The van der Waals surface area contributed by atoms with Crippen LogP contribution in [0.25, 0.3) is 0 Å². The molecule has 2 unspecified atom stereocenters. The van der Waals surface area contributed by atoms with Crippen LogP contribution in [0.4, 0.5) is 17.1 Å². The molecule has 3 aliphatic heterocycles. The largest absolute Gasteiger partial charge is 0.399 e. The molecule has 3 atom stereocenters. The van der Waals surface area contributed by atoms with E-state index in [2.05, 4.69) is 109 Å². The van der Waals surface area contributed by atoms with E-state index in [0.29, 0.717) is 18.0 Å². The fourth-order valence-corrected chi connectivity index (χ4v) is 8.29. The van der Waals surface area contributed by atoms with E-state index in [9.17, 15) is 0 Å². The summed E-state index contributed by atoms with van der Waals surface area (Å²) in [5.74, 6) is 0.675. The summed E-state index contributed by atoms with van der Waals surface area (Å²) < 4.78 is 0. The predicted molar refractivity (Wildman–Crippen MR) is 169 cm³/mol. The molecule has 3 nitrogen and oxygen atoms in total. The van der Waals surface area contributed by atoms with Gasteiger partial charge in [0.2, 0.25) is 0 Å². The number of nitrogens with two attached hydrogens (primary N) is 1. The van der Waals surface area contributed by atoms with Gasteiger partial charge in [0.05, 0.1) is 6.04 Å². The van der Waals surface area contributed by atoms with E-state index < -0.39 is 0 Å². The molecule has 0 spiro atoms. The molecule has 0 amide bonds. The Hall–Kier alpha value is -3.72. The Balaban J connectivity index is 1.30. The normalized spacial score (nSPS) is 21.3. The lowest BCUT2D eigenvalue weighted by Gasteiger charge is -2.45. The van der Waals surface area contributed by atoms with Crippen LogP contribution in [0, 0.1) is 26.7 Å². The maximum absolute atomic E-state index is 6.23. The van der Waals surface area contributed by atoms with Gasteiger partial charge >= 0.3 is 0 Å². The molecule has 0 aromatic heterocycles. The minimum atomic E-state index is 0.428. The van der Waals surface area contributed by atoms with Crippen molar-refractivity contribution < 1.29 is 0 Å². The van der Waals surface area contributed by atoms with E-state index in [1.165, 1.54) is 81.7 Å². The molecule has 3 aliphatic rings. The molecule has 0 bridgehead atoms. The van der Waals surface area contributed by atoms with Crippen LogP contribution >= 0.6 is 0 Å². The third kappa shape index (κ3) is 4.46. The third-order valence-corrected chi connectivity index (χ3v) is 9.53. The van der Waals surface area contributed by atoms with E-state index in [-0.39, 0.29) is 0 Å². The van der Waals surface area contributed by atoms with Crippen molar-refractivity contribution in [1.82, 2.24) is 0 Å². The summed E-state index contributed by atoms with van der Waals surface area (Å²) in [6.45, 7) is 8.89. The summed E-state index contributed by atoms with van der Waals surface area (Å²) in [7, 11) is 0. The molecule has 3 heteroatoms. The number of rotatable bonds is 5. The highest BCUT2D eigenvalue weighted by atomic mass is 15.3. The van der Waals surface area contributed by atoms with Gasteiger partial charge in [0.15, 0.2) is 0 Å². The summed E-state index contributed by atoms with van der Waals surface area (Å²) in [6, 6.07) is 30.8. The molecule has 0 aliphatic carbocycles. The van der Waals surface area contributed by atoms with E-state index in [4.69, 9.17) is 5.73 Å². The number of hydrogen-bond donors (Lipinski definition) is 1. The number of benzene rings is 4. The average Bonchev–Trinajstić information content (AvgIpc) is 3.56. The highest BCUT2D eigenvalue weighted by Gasteiger charge is 2.49. The first kappa shape index (κ1) is 25.3. The molecule has 0 radical (unpaired) electrons. The zero-order valence-electron chi connectivity index (χ0n) is 24.2. The number of aryl methyl sites for hydroxylation is 3. The topological polar surface area (TPSA) is 32.5 Å². The van der Waals surface area contributed by atoms with E-state index in [0.717, 1.165) is 25.1 Å². The first-order valence-electron chi connectivity index (χ1n) is 15.1. The average molecular weight is 528 g/mol. The van der Waals surface area contributed by atoms with Crippen molar-refractivity contribution >= 4 is 17.1 Å². The number of hydrogen-bond acceptors (Lipinski definition) is 3. The van der Waals surface area contributed by atoms with Gasteiger partial charge in [-0.1, -0.05) is 71.8 Å². The van der Waals surface area contributed by atoms with Gasteiger partial charge < -0.3 is 15.5 Å². The van der Waals surface area contributed by atoms with Crippen molar-refractivity contribution in [2.45, 2.75) is 65.0 Å². The monoisotopic (exact) mass is 527 g/mol.